The maximum atomic E-state index is 12.7. The first-order valence-corrected chi connectivity index (χ1v) is 9.24. The molecule has 1 heterocycles. The molecule has 30 heavy (non-hydrogen) atoms. The van der Waals surface area contributed by atoms with E-state index in [1.165, 1.54) is 0 Å². The molecule has 0 aliphatic carbocycles. The molecule has 4 aromatic rings. The van der Waals surface area contributed by atoms with Crippen molar-refractivity contribution in [2.24, 2.45) is 11.5 Å². The quantitative estimate of drug-likeness (QED) is 0.261. The van der Waals surface area contributed by atoms with E-state index >= 15 is 0 Å². The summed E-state index contributed by atoms with van der Waals surface area (Å²) in [6.45, 7) is 0. The number of carbonyl (C=O) groups excluding carboxylic acids is 1. The minimum Gasteiger partial charge on any atom is -0.384 e. The summed E-state index contributed by atoms with van der Waals surface area (Å²) < 4.78 is 2.01. The first-order chi connectivity index (χ1) is 14.4. The zero-order valence-electron chi connectivity index (χ0n) is 16.0. The lowest BCUT2D eigenvalue weighted by atomic mass is 10.1. The van der Waals surface area contributed by atoms with Crippen LogP contribution in [0, 0.1) is 10.8 Å². The summed E-state index contributed by atoms with van der Waals surface area (Å²) >= 11 is 0. The van der Waals surface area contributed by atoms with Crippen LogP contribution in [0.15, 0.2) is 79.0 Å². The topological polar surface area (TPSA) is 134 Å². The number of carbonyl (C=O) groups is 1. The fourth-order valence-corrected chi connectivity index (χ4v) is 3.26. The number of hydrogen-bond donors (Lipinski definition) is 5. The Kier molecular flexibility index (Phi) is 4.77. The van der Waals surface area contributed by atoms with Crippen LogP contribution < -0.4 is 16.8 Å². The molecule has 0 unspecified atom stereocenters. The number of amides is 1. The third-order valence-electron chi connectivity index (χ3n) is 4.84. The highest BCUT2D eigenvalue weighted by atomic mass is 16.1. The van der Waals surface area contributed by atoms with E-state index < -0.39 is 0 Å². The summed E-state index contributed by atoms with van der Waals surface area (Å²) in [6.07, 6.45) is 1.95. The van der Waals surface area contributed by atoms with E-state index in [0.717, 1.165) is 16.6 Å². The van der Waals surface area contributed by atoms with Gasteiger partial charge in [0, 0.05) is 39.6 Å². The number of nitrogens with zero attached hydrogens (tertiary/aromatic N) is 1. The Labute approximate surface area is 173 Å². The molecular formula is C23H20N6O. The number of nitrogens with one attached hydrogen (secondary N) is 3. The number of aromatic nitrogens is 1. The SMILES string of the molecule is N=C(N)c1ccc(-n2ccc3ccc(NC(=O)c4cccc(C(=N)N)c4)cc32)cc1. The summed E-state index contributed by atoms with van der Waals surface area (Å²) in [5, 5.41) is 19.0. The number of benzene rings is 3. The van der Waals surface area contributed by atoms with Crippen LogP contribution >= 0.6 is 0 Å². The fourth-order valence-electron chi connectivity index (χ4n) is 3.26. The van der Waals surface area contributed by atoms with Crippen LogP contribution in [0.25, 0.3) is 16.6 Å². The van der Waals surface area contributed by atoms with Crippen molar-refractivity contribution in [1.29, 1.82) is 10.8 Å². The maximum absolute atomic E-state index is 12.7. The first kappa shape index (κ1) is 18.9. The summed E-state index contributed by atoms with van der Waals surface area (Å²) in [7, 11) is 0. The predicted octanol–water partition coefficient (Wildman–Crippen LogP) is 3.45. The molecule has 1 aromatic heterocycles. The molecule has 0 aliphatic rings. The standard InChI is InChI=1S/C23H20N6O/c24-21(25)15-5-8-19(9-6-15)29-11-10-14-4-7-18(13-20(14)29)28-23(30)17-3-1-2-16(12-17)22(26)27/h1-13H,(H3,24,25)(H3,26,27)(H,28,30). The van der Waals surface area contributed by atoms with Crippen molar-refractivity contribution in [2.75, 3.05) is 5.32 Å². The maximum Gasteiger partial charge on any atom is 0.255 e. The second kappa shape index (κ2) is 7.56. The molecule has 148 valence electrons. The Hall–Kier alpha value is -4.39. The van der Waals surface area contributed by atoms with Crippen LogP contribution in [0.4, 0.5) is 5.69 Å². The molecule has 0 fully saturated rings. The molecule has 0 saturated carbocycles. The number of fused-ring (bicyclic) bond motifs is 1. The minimum atomic E-state index is -0.277. The van der Waals surface area contributed by atoms with E-state index in [-0.39, 0.29) is 17.6 Å². The average molecular weight is 396 g/mol. The summed E-state index contributed by atoms with van der Waals surface area (Å²) in [6, 6.07) is 21.7. The van der Waals surface area contributed by atoms with Crippen molar-refractivity contribution >= 4 is 34.2 Å². The largest absolute Gasteiger partial charge is 0.384 e. The molecule has 7 N–H and O–H groups in total. The molecule has 4 rings (SSSR count). The van der Waals surface area contributed by atoms with Crippen molar-refractivity contribution in [1.82, 2.24) is 4.57 Å². The minimum absolute atomic E-state index is 0.0257. The summed E-state index contributed by atoms with van der Waals surface area (Å²) in [5.41, 5.74) is 15.1. The molecular weight excluding hydrogens is 376 g/mol. The van der Waals surface area contributed by atoms with Crippen molar-refractivity contribution in [3.63, 3.8) is 0 Å². The first-order valence-electron chi connectivity index (χ1n) is 9.24. The highest BCUT2D eigenvalue weighted by Crippen LogP contribution is 2.24. The van der Waals surface area contributed by atoms with Crippen LogP contribution in [0.5, 0.6) is 0 Å². The third-order valence-corrected chi connectivity index (χ3v) is 4.84. The van der Waals surface area contributed by atoms with E-state index in [1.807, 2.05) is 47.2 Å². The molecule has 1 amide bonds. The summed E-state index contributed by atoms with van der Waals surface area (Å²) in [5.74, 6) is -0.334. The second-order valence-corrected chi connectivity index (χ2v) is 6.87. The van der Waals surface area contributed by atoms with Gasteiger partial charge in [0.2, 0.25) is 0 Å². The predicted molar refractivity (Wildman–Crippen MR) is 120 cm³/mol. The van der Waals surface area contributed by atoms with Crippen LogP contribution in [-0.4, -0.2) is 22.1 Å². The zero-order chi connectivity index (χ0) is 21.3. The Bertz CT molecular complexity index is 1290. The van der Waals surface area contributed by atoms with E-state index in [2.05, 4.69) is 5.32 Å². The van der Waals surface area contributed by atoms with Crippen LogP contribution in [0.2, 0.25) is 0 Å². The van der Waals surface area contributed by atoms with Gasteiger partial charge in [-0.2, -0.15) is 0 Å². The van der Waals surface area contributed by atoms with E-state index in [4.69, 9.17) is 22.3 Å². The van der Waals surface area contributed by atoms with Crippen molar-refractivity contribution < 1.29 is 4.79 Å². The van der Waals surface area contributed by atoms with Gasteiger partial charge in [0.05, 0.1) is 5.52 Å². The molecule has 7 nitrogen and oxygen atoms in total. The Morgan fingerprint density at radius 1 is 0.800 bits per heavy atom. The van der Waals surface area contributed by atoms with Gasteiger partial charge in [0.25, 0.3) is 5.91 Å². The Morgan fingerprint density at radius 3 is 2.20 bits per heavy atom. The third kappa shape index (κ3) is 3.64. The normalized spacial score (nSPS) is 10.7. The van der Waals surface area contributed by atoms with Crippen LogP contribution in [0.3, 0.4) is 0 Å². The van der Waals surface area contributed by atoms with Crippen molar-refractivity contribution in [3.05, 3.63) is 95.7 Å². The van der Waals surface area contributed by atoms with Gasteiger partial charge in [-0.15, -0.1) is 0 Å². The van der Waals surface area contributed by atoms with Gasteiger partial charge in [-0.1, -0.05) is 18.2 Å². The molecule has 0 bridgehead atoms. The number of anilines is 1. The lowest BCUT2D eigenvalue weighted by Gasteiger charge is -2.10. The van der Waals surface area contributed by atoms with Gasteiger partial charge < -0.3 is 21.4 Å². The van der Waals surface area contributed by atoms with Crippen LogP contribution in [-0.2, 0) is 0 Å². The number of nitrogens with two attached hydrogens (primary N) is 2. The van der Waals surface area contributed by atoms with Gasteiger partial charge in [0.15, 0.2) is 0 Å². The monoisotopic (exact) mass is 396 g/mol. The van der Waals surface area contributed by atoms with E-state index in [0.29, 0.717) is 22.4 Å². The van der Waals surface area contributed by atoms with Gasteiger partial charge in [-0.3, -0.25) is 15.6 Å². The molecule has 0 radical (unpaired) electrons. The number of amidine groups is 2. The van der Waals surface area contributed by atoms with Gasteiger partial charge in [-0.05, 0) is 54.6 Å². The smallest absolute Gasteiger partial charge is 0.255 e. The molecule has 7 heteroatoms. The molecule has 0 saturated heterocycles. The lowest BCUT2D eigenvalue weighted by molar-refractivity contribution is 0.102. The molecule has 0 spiro atoms. The number of rotatable bonds is 5. The Morgan fingerprint density at radius 2 is 1.50 bits per heavy atom. The fraction of sp³-hybridized carbons (Fsp3) is 0. The zero-order valence-corrected chi connectivity index (χ0v) is 16.0. The van der Waals surface area contributed by atoms with E-state index in [1.54, 1.807) is 36.4 Å². The second-order valence-electron chi connectivity index (χ2n) is 6.87. The Balaban J connectivity index is 1.64. The van der Waals surface area contributed by atoms with Crippen molar-refractivity contribution in [2.45, 2.75) is 0 Å². The molecule has 0 aliphatic heterocycles. The summed E-state index contributed by atoms with van der Waals surface area (Å²) in [4.78, 5) is 12.7. The number of nitrogen functional groups attached to an aromatic ring is 2. The average Bonchev–Trinajstić information content (AvgIpc) is 3.17. The molecule has 0 atom stereocenters. The van der Waals surface area contributed by atoms with Gasteiger partial charge in [-0.25, -0.2) is 0 Å². The highest BCUT2D eigenvalue weighted by molar-refractivity contribution is 6.07. The van der Waals surface area contributed by atoms with Crippen LogP contribution in [0.1, 0.15) is 21.5 Å². The highest BCUT2D eigenvalue weighted by Gasteiger charge is 2.10. The van der Waals surface area contributed by atoms with Gasteiger partial charge in [0.1, 0.15) is 11.7 Å². The van der Waals surface area contributed by atoms with E-state index in [9.17, 15) is 4.79 Å². The van der Waals surface area contributed by atoms with Crippen molar-refractivity contribution in [3.8, 4) is 5.69 Å². The van der Waals surface area contributed by atoms with Gasteiger partial charge >= 0.3 is 0 Å². The molecule has 3 aromatic carbocycles. The number of hydrogen-bond acceptors (Lipinski definition) is 3. The lowest BCUT2D eigenvalue weighted by Crippen LogP contribution is -2.15.